The third-order valence-electron chi connectivity index (χ3n) is 2.92. The maximum Gasteiger partial charge on any atom is 0.252 e. The number of nitrogens with one attached hydrogen (secondary N) is 2. The second-order valence-electron chi connectivity index (χ2n) is 4.38. The van der Waals surface area contributed by atoms with Gasteiger partial charge in [0, 0.05) is 19.3 Å². The number of halogens is 3. The Morgan fingerprint density at radius 1 is 1.14 bits per heavy atom. The first-order chi connectivity index (χ1) is 10.0. The topological polar surface area (TPSA) is 41.1 Å². The van der Waals surface area contributed by atoms with E-state index < -0.39 is 5.82 Å². The van der Waals surface area contributed by atoms with E-state index in [0.29, 0.717) is 22.8 Å². The van der Waals surface area contributed by atoms with Gasteiger partial charge in [-0.25, -0.2) is 4.39 Å². The molecule has 0 aliphatic carbocycles. The third kappa shape index (κ3) is 3.86. The Labute approximate surface area is 132 Å². The van der Waals surface area contributed by atoms with Crippen LogP contribution in [0.5, 0.6) is 0 Å². The Hall–Kier alpha value is -1.78. The molecule has 2 rings (SSSR count). The fourth-order valence-electron chi connectivity index (χ4n) is 1.80. The van der Waals surface area contributed by atoms with Crippen LogP contribution in [-0.2, 0) is 6.54 Å². The summed E-state index contributed by atoms with van der Waals surface area (Å²) in [5, 5.41) is 6.09. The number of carbonyl (C=O) groups excluding carboxylic acids is 1. The summed E-state index contributed by atoms with van der Waals surface area (Å²) in [6.07, 6.45) is 0. The number of hydrogen-bond acceptors (Lipinski definition) is 2. The zero-order valence-electron chi connectivity index (χ0n) is 11.2. The van der Waals surface area contributed by atoms with Crippen LogP contribution in [-0.4, -0.2) is 13.0 Å². The molecule has 6 heteroatoms. The largest absolute Gasteiger partial charge is 0.381 e. The van der Waals surface area contributed by atoms with Gasteiger partial charge in [-0.1, -0.05) is 29.3 Å². The highest BCUT2D eigenvalue weighted by Gasteiger charge is 2.09. The first-order valence-electron chi connectivity index (χ1n) is 6.20. The van der Waals surface area contributed by atoms with Crippen LogP contribution < -0.4 is 10.6 Å². The Bertz CT molecular complexity index is 677. The number of anilines is 1. The molecule has 0 fully saturated rings. The van der Waals surface area contributed by atoms with Crippen molar-refractivity contribution in [3.05, 3.63) is 63.4 Å². The van der Waals surface area contributed by atoms with Gasteiger partial charge < -0.3 is 10.6 Å². The summed E-state index contributed by atoms with van der Waals surface area (Å²) in [4.78, 5) is 11.7. The summed E-state index contributed by atoms with van der Waals surface area (Å²) in [7, 11) is 1.54. The van der Waals surface area contributed by atoms with Crippen molar-refractivity contribution < 1.29 is 9.18 Å². The van der Waals surface area contributed by atoms with E-state index in [9.17, 15) is 9.18 Å². The van der Waals surface area contributed by atoms with Gasteiger partial charge in [-0.05, 0) is 35.9 Å². The Balaban J connectivity index is 2.13. The fourth-order valence-corrected chi connectivity index (χ4v) is 2.12. The van der Waals surface area contributed by atoms with E-state index in [2.05, 4.69) is 10.6 Å². The van der Waals surface area contributed by atoms with Gasteiger partial charge in [-0.2, -0.15) is 0 Å². The van der Waals surface area contributed by atoms with Gasteiger partial charge in [0.05, 0.1) is 15.6 Å². The van der Waals surface area contributed by atoms with E-state index >= 15 is 0 Å². The van der Waals surface area contributed by atoms with Crippen molar-refractivity contribution in [1.82, 2.24) is 5.32 Å². The van der Waals surface area contributed by atoms with Gasteiger partial charge in [0.1, 0.15) is 5.82 Å². The van der Waals surface area contributed by atoms with Crippen molar-refractivity contribution in [2.45, 2.75) is 6.54 Å². The smallest absolute Gasteiger partial charge is 0.252 e. The lowest BCUT2D eigenvalue weighted by molar-refractivity contribution is 0.0963. The first kappa shape index (κ1) is 15.6. The number of amides is 1. The highest BCUT2D eigenvalue weighted by atomic mass is 35.5. The molecule has 0 aliphatic heterocycles. The van der Waals surface area contributed by atoms with Crippen molar-refractivity contribution >= 4 is 34.8 Å². The number of rotatable bonds is 4. The summed E-state index contributed by atoms with van der Waals surface area (Å²) < 4.78 is 13.3. The van der Waals surface area contributed by atoms with E-state index in [1.807, 2.05) is 0 Å². The van der Waals surface area contributed by atoms with Gasteiger partial charge in [0.15, 0.2) is 0 Å². The SMILES string of the molecule is CNC(=O)c1cc(NCc2ccc(Cl)c(F)c2)ccc1Cl. The molecule has 2 N–H and O–H groups in total. The van der Waals surface area contributed by atoms with Gasteiger partial charge in [-0.15, -0.1) is 0 Å². The van der Waals surface area contributed by atoms with Crippen LogP contribution in [0.3, 0.4) is 0 Å². The zero-order valence-corrected chi connectivity index (χ0v) is 12.7. The third-order valence-corrected chi connectivity index (χ3v) is 3.55. The van der Waals surface area contributed by atoms with E-state index in [1.165, 1.54) is 19.2 Å². The highest BCUT2D eigenvalue weighted by Crippen LogP contribution is 2.22. The molecule has 0 bridgehead atoms. The molecule has 1 amide bonds. The number of carbonyl (C=O) groups is 1. The minimum Gasteiger partial charge on any atom is -0.381 e. The standard InChI is InChI=1S/C15H13Cl2FN2O/c1-19-15(21)11-7-10(3-5-12(11)16)20-8-9-2-4-13(17)14(18)6-9/h2-7,20H,8H2,1H3,(H,19,21). The van der Waals surface area contributed by atoms with Crippen LogP contribution in [0, 0.1) is 5.82 Å². The molecule has 3 nitrogen and oxygen atoms in total. The maximum absolute atomic E-state index is 13.3. The Morgan fingerprint density at radius 3 is 2.52 bits per heavy atom. The summed E-state index contributed by atoms with van der Waals surface area (Å²) in [6, 6.07) is 9.63. The lowest BCUT2D eigenvalue weighted by atomic mass is 10.1. The molecule has 0 saturated heterocycles. The monoisotopic (exact) mass is 326 g/mol. The quantitative estimate of drug-likeness (QED) is 0.887. The van der Waals surface area contributed by atoms with Crippen molar-refractivity contribution in [3.8, 4) is 0 Å². The predicted octanol–water partition coefficient (Wildman–Crippen LogP) is 4.10. The number of hydrogen-bond donors (Lipinski definition) is 2. The molecule has 0 spiro atoms. The van der Waals surface area contributed by atoms with E-state index in [4.69, 9.17) is 23.2 Å². The molecule has 0 aromatic heterocycles. The van der Waals surface area contributed by atoms with Crippen LogP contribution in [0.25, 0.3) is 0 Å². The van der Waals surface area contributed by atoms with E-state index in [0.717, 1.165) is 5.56 Å². The summed E-state index contributed by atoms with van der Waals surface area (Å²) in [5.74, 6) is -0.723. The molecule has 0 unspecified atom stereocenters. The average molecular weight is 327 g/mol. The first-order valence-corrected chi connectivity index (χ1v) is 6.96. The van der Waals surface area contributed by atoms with Crippen molar-refractivity contribution in [1.29, 1.82) is 0 Å². The van der Waals surface area contributed by atoms with E-state index in [-0.39, 0.29) is 10.9 Å². The lowest BCUT2D eigenvalue weighted by Crippen LogP contribution is -2.18. The zero-order chi connectivity index (χ0) is 15.4. The van der Waals surface area contributed by atoms with Gasteiger partial charge in [0.2, 0.25) is 0 Å². The van der Waals surface area contributed by atoms with Crippen LogP contribution in [0.2, 0.25) is 10.0 Å². The van der Waals surface area contributed by atoms with E-state index in [1.54, 1.807) is 24.3 Å². The Kier molecular flexibility index (Phi) is 5.04. The minimum atomic E-state index is -0.460. The van der Waals surface area contributed by atoms with Gasteiger partial charge in [-0.3, -0.25) is 4.79 Å². The Morgan fingerprint density at radius 2 is 1.86 bits per heavy atom. The molecule has 0 atom stereocenters. The highest BCUT2D eigenvalue weighted by molar-refractivity contribution is 6.34. The molecule has 0 saturated carbocycles. The normalized spacial score (nSPS) is 10.3. The van der Waals surface area contributed by atoms with Crippen LogP contribution in [0.1, 0.15) is 15.9 Å². The molecule has 21 heavy (non-hydrogen) atoms. The molecule has 0 aliphatic rings. The fraction of sp³-hybridized carbons (Fsp3) is 0.133. The molecule has 0 radical (unpaired) electrons. The minimum absolute atomic E-state index is 0.0900. The molecule has 110 valence electrons. The van der Waals surface area contributed by atoms with Crippen LogP contribution >= 0.6 is 23.2 Å². The van der Waals surface area contributed by atoms with Crippen LogP contribution in [0.15, 0.2) is 36.4 Å². The lowest BCUT2D eigenvalue weighted by Gasteiger charge is -2.10. The summed E-state index contributed by atoms with van der Waals surface area (Å²) in [6.45, 7) is 0.406. The van der Waals surface area contributed by atoms with Crippen molar-refractivity contribution in [2.24, 2.45) is 0 Å². The van der Waals surface area contributed by atoms with Crippen molar-refractivity contribution in [3.63, 3.8) is 0 Å². The van der Waals surface area contributed by atoms with Crippen molar-refractivity contribution in [2.75, 3.05) is 12.4 Å². The summed E-state index contributed by atoms with van der Waals surface area (Å²) >= 11 is 11.6. The molecule has 2 aromatic carbocycles. The molecular formula is C15H13Cl2FN2O. The maximum atomic E-state index is 13.3. The molecule has 2 aromatic rings. The van der Waals surface area contributed by atoms with Gasteiger partial charge in [0.25, 0.3) is 5.91 Å². The van der Waals surface area contributed by atoms with Crippen LogP contribution in [0.4, 0.5) is 10.1 Å². The number of benzene rings is 2. The summed E-state index contributed by atoms with van der Waals surface area (Å²) in [5.41, 5.74) is 1.84. The van der Waals surface area contributed by atoms with Gasteiger partial charge >= 0.3 is 0 Å². The second-order valence-corrected chi connectivity index (χ2v) is 5.19. The predicted molar refractivity (Wildman–Crippen MR) is 83.6 cm³/mol. The molecular weight excluding hydrogens is 314 g/mol. The second kappa shape index (κ2) is 6.78. The average Bonchev–Trinajstić information content (AvgIpc) is 2.49. The molecule has 0 heterocycles.